The second-order valence-electron chi connectivity index (χ2n) is 9.03. The van der Waals surface area contributed by atoms with Gasteiger partial charge in [-0.25, -0.2) is 0 Å². The first kappa shape index (κ1) is 19.5. The number of allylic oxidation sites excluding steroid dienone is 3. The molecule has 1 aliphatic heterocycles. The van der Waals surface area contributed by atoms with E-state index < -0.39 is 7.14 Å². The van der Waals surface area contributed by atoms with E-state index in [1.165, 1.54) is 11.1 Å². The third-order valence-electron chi connectivity index (χ3n) is 4.67. The molecule has 0 N–H and O–H groups in total. The lowest BCUT2D eigenvalue weighted by atomic mass is 9.79. The molecule has 0 aromatic heterocycles. The Morgan fingerprint density at radius 2 is 1.58 bits per heavy atom. The third-order valence-corrected chi connectivity index (χ3v) is 8.01. The zero-order chi connectivity index (χ0) is 18.5. The van der Waals surface area contributed by atoms with Crippen molar-refractivity contribution < 1.29 is 4.57 Å². The molecule has 0 radical (unpaired) electrons. The minimum Gasteiger partial charge on any atom is -0.314 e. The van der Waals surface area contributed by atoms with Crippen LogP contribution in [0.25, 0.3) is 0 Å². The molecule has 1 unspecified atom stereocenters. The molecule has 1 aromatic rings. The van der Waals surface area contributed by atoms with Gasteiger partial charge in [-0.2, -0.15) is 0 Å². The van der Waals surface area contributed by atoms with Gasteiger partial charge in [-0.1, -0.05) is 71.4 Å². The van der Waals surface area contributed by atoms with E-state index in [9.17, 15) is 4.57 Å². The largest absolute Gasteiger partial charge is 0.314 e. The molecule has 3 heteroatoms. The maximum absolute atomic E-state index is 13.9. The zero-order valence-electron chi connectivity index (χ0n) is 16.2. The van der Waals surface area contributed by atoms with Gasteiger partial charge in [0.25, 0.3) is 0 Å². The van der Waals surface area contributed by atoms with Crippen LogP contribution < -0.4 is 5.30 Å². The highest BCUT2D eigenvalue weighted by molar-refractivity contribution is 7.75. The summed E-state index contributed by atoms with van der Waals surface area (Å²) in [5.41, 5.74) is 4.56. The topological polar surface area (TPSA) is 17.1 Å². The van der Waals surface area contributed by atoms with Crippen LogP contribution >= 0.6 is 18.7 Å². The van der Waals surface area contributed by atoms with E-state index in [2.05, 4.69) is 60.6 Å². The van der Waals surface area contributed by atoms with Crippen LogP contribution in [-0.4, -0.2) is 6.16 Å². The van der Waals surface area contributed by atoms with Crippen LogP contribution in [0.4, 0.5) is 0 Å². The Labute approximate surface area is 152 Å². The van der Waals surface area contributed by atoms with Gasteiger partial charge in [0, 0.05) is 16.5 Å². The van der Waals surface area contributed by atoms with Gasteiger partial charge in [0.05, 0.1) is 0 Å². The summed E-state index contributed by atoms with van der Waals surface area (Å²) in [6.45, 7) is 17.3. The lowest BCUT2D eigenvalue weighted by Gasteiger charge is -2.32. The fourth-order valence-corrected chi connectivity index (χ4v) is 6.67. The Morgan fingerprint density at radius 3 is 2.04 bits per heavy atom. The number of halogens is 1. The van der Waals surface area contributed by atoms with Crippen molar-refractivity contribution in [3.63, 3.8) is 0 Å². The van der Waals surface area contributed by atoms with Gasteiger partial charge < -0.3 is 4.57 Å². The van der Waals surface area contributed by atoms with Gasteiger partial charge in [0.15, 0.2) is 0 Å². The maximum Gasteiger partial charge on any atom is 0.140 e. The van der Waals surface area contributed by atoms with Crippen LogP contribution in [0.2, 0.25) is 0 Å². The average Bonchev–Trinajstić information content (AvgIpc) is 2.40. The number of benzene rings is 1. The highest BCUT2D eigenvalue weighted by atomic mass is 35.5. The molecule has 132 valence electrons. The molecule has 1 atom stereocenters. The molecule has 1 aliphatic rings. The molecule has 1 nitrogen and oxygen atoms in total. The normalized spacial score (nSPS) is 22.2. The third kappa shape index (κ3) is 3.73. The number of rotatable bonds is 1. The van der Waals surface area contributed by atoms with Crippen molar-refractivity contribution in [3.05, 3.63) is 51.3 Å². The van der Waals surface area contributed by atoms with E-state index in [1.807, 2.05) is 18.8 Å². The summed E-state index contributed by atoms with van der Waals surface area (Å²) in [4.78, 5) is 0. The fraction of sp³-hybridized carbons (Fsp3) is 0.524. The van der Waals surface area contributed by atoms with Crippen molar-refractivity contribution in [2.45, 2.75) is 66.2 Å². The van der Waals surface area contributed by atoms with Crippen molar-refractivity contribution in [1.29, 1.82) is 0 Å². The minimum atomic E-state index is -2.63. The van der Waals surface area contributed by atoms with Crippen molar-refractivity contribution >= 4 is 24.0 Å². The maximum atomic E-state index is 13.9. The van der Waals surface area contributed by atoms with E-state index in [1.54, 1.807) is 0 Å². The van der Waals surface area contributed by atoms with Crippen LogP contribution in [-0.2, 0) is 15.4 Å². The second-order valence-corrected chi connectivity index (χ2v) is 12.1. The highest BCUT2D eigenvalue weighted by Gasteiger charge is 2.34. The summed E-state index contributed by atoms with van der Waals surface area (Å²) in [6, 6.07) is 4.48. The molecule has 0 fully saturated rings. The molecule has 0 amide bonds. The SMILES string of the molecule is CC1=CP(=O)(c2c(C)cc(C(C)(C)C)cc2C(C)(C)C)CC=C1Cl. The fourth-order valence-electron chi connectivity index (χ4n) is 3.25. The smallest absolute Gasteiger partial charge is 0.140 e. The molecular weight excluding hydrogens is 335 g/mol. The predicted octanol–water partition coefficient (Wildman–Crippen LogP) is 6.62. The lowest BCUT2D eigenvalue weighted by molar-refractivity contribution is 0.566. The van der Waals surface area contributed by atoms with Crippen LogP contribution in [0.1, 0.15) is 65.2 Å². The number of aryl methyl sites for hydroxylation is 1. The van der Waals surface area contributed by atoms with Gasteiger partial charge in [-0.05, 0) is 52.8 Å². The van der Waals surface area contributed by atoms with Gasteiger partial charge >= 0.3 is 0 Å². The standard InChI is InChI=1S/C21H30ClOP/c1-14-11-16(20(3,4)5)12-17(21(6,7)8)19(14)24(23)10-9-18(22)15(2)13-24/h9,11-13H,10H2,1-8H3. The minimum absolute atomic E-state index is 0.0640. The van der Waals surface area contributed by atoms with E-state index in [0.717, 1.165) is 21.5 Å². The summed E-state index contributed by atoms with van der Waals surface area (Å²) in [6.07, 6.45) is 2.43. The van der Waals surface area contributed by atoms with Crippen LogP contribution in [0, 0.1) is 6.92 Å². The number of hydrogen-bond donors (Lipinski definition) is 0. The van der Waals surface area contributed by atoms with Crippen molar-refractivity contribution in [1.82, 2.24) is 0 Å². The summed E-state index contributed by atoms with van der Waals surface area (Å²) in [5.74, 6) is 1.92. The van der Waals surface area contributed by atoms with Crippen LogP contribution in [0.5, 0.6) is 0 Å². The van der Waals surface area contributed by atoms with Gasteiger partial charge in [-0.15, -0.1) is 0 Å². The second kappa shape index (κ2) is 6.19. The monoisotopic (exact) mass is 364 g/mol. The van der Waals surface area contributed by atoms with Crippen molar-refractivity contribution in [2.24, 2.45) is 0 Å². The van der Waals surface area contributed by atoms with Crippen molar-refractivity contribution in [3.8, 4) is 0 Å². The van der Waals surface area contributed by atoms with Crippen LogP contribution in [0.3, 0.4) is 0 Å². The molecule has 0 spiro atoms. The molecule has 1 heterocycles. The average molecular weight is 365 g/mol. The Bertz CT molecular complexity index is 770. The molecule has 0 aliphatic carbocycles. The van der Waals surface area contributed by atoms with E-state index >= 15 is 0 Å². The molecule has 0 saturated carbocycles. The van der Waals surface area contributed by atoms with E-state index in [4.69, 9.17) is 11.6 Å². The van der Waals surface area contributed by atoms with Crippen LogP contribution in [0.15, 0.2) is 34.6 Å². The molecule has 0 bridgehead atoms. The van der Waals surface area contributed by atoms with Gasteiger partial charge in [0.2, 0.25) is 0 Å². The van der Waals surface area contributed by atoms with Crippen molar-refractivity contribution in [2.75, 3.05) is 6.16 Å². The Kier molecular flexibility index (Phi) is 5.04. The summed E-state index contributed by atoms with van der Waals surface area (Å²) < 4.78 is 13.9. The number of hydrogen-bond acceptors (Lipinski definition) is 1. The van der Waals surface area contributed by atoms with E-state index in [-0.39, 0.29) is 10.8 Å². The van der Waals surface area contributed by atoms with Gasteiger partial charge in [-0.3, -0.25) is 0 Å². The molecule has 1 aromatic carbocycles. The lowest BCUT2D eigenvalue weighted by Crippen LogP contribution is -2.28. The summed E-state index contributed by atoms with van der Waals surface area (Å²) in [7, 11) is -2.63. The highest BCUT2D eigenvalue weighted by Crippen LogP contribution is 2.54. The molecule has 2 rings (SSSR count). The Balaban J connectivity index is 2.78. The predicted molar refractivity (Wildman–Crippen MR) is 108 cm³/mol. The van der Waals surface area contributed by atoms with Gasteiger partial charge in [0.1, 0.15) is 7.14 Å². The summed E-state index contributed by atoms with van der Waals surface area (Å²) >= 11 is 6.21. The molecule has 24 heavy (non-hydrogen) atoms. The first-order valence-corrected chi connectivity index (χ1v) is 10.9. The Hall–Kier alpha value is -0.780. The zero-order valence-corrected chi connectivity index (χ0v) is 17.9. The molecular formula is C21H30ClOP. The summed E-state index contributed by atoms with van der Waals surface area (Å²) in [5, 5.41) is 1.76. The first-order valence-electron chi connectivity index (χ1n) is 8.56. The van der Waals surface area contributed by atoms with E-state index in [0.29, 0.717) is 6.16 Å². The quantitative estimate of drug-likeness (QED) is 0.512. The molecule has 0 saturated heterocycles. The first-order chi connectivity index (χ1) is 10.8. The Morgan fingerprint density at radius 1 is 1.00 bits per heavy atom.